The minimum absolute atomic E-state index is 0.331. The Balaban J connectivity index is 2.78. The average molecular weight is 158 g/mol. The highest BCUT2D eigenvalue weighted by Gasteiger charge is 2.06. The Kier molecular flexibility index (Phi) is 2.32. The van der Waals surface area contributed by atoms with Crippen molar-refractivity contribution in [1.82, 2.24) is 10.1 Å². The lowest BCUT2D eigenvalue weighted by molar-refractivity contribution is 0.383. The Morgan fingerprint density at radius 3 is 2.60 bits per heavy atom. The molecule has 1 aromatic heterocycles. The van der Waals surface area contributed by atoms with Gasteiger partial charge in [-0.1, -0.05) is 19.0 Å². The molecule has 0 radical (unpaired) electrons. The van der Waals surface area contributed by atoms with Gasteiger partial charge in [0.1, 0.15) is 0 Å². The van der Waals surface area contributed by atoms with Crippen LogP contribution in [0.3, 0.4) is 0 Å². The fourth-order valence-electron chi connectivity index (χ4n) is 0.567. The number of thiol groups is 1. The van der Waals surface area contributed by atoms with Crippen LogP contribution in [0.5, 0.6) is 0 Å². The first-order valence-corrected chi connectivity index (χ1v) is 3.80. The lowest BCUT2D eigenvalue weighted by Crippen LogP contribution is -1.89. The van der Waals surface area contributed by atoms with Crippen LogP contribution in [0.2, 0.25) is 0 Å². The topological polar surface area (TPSA) is 38.9 Å². The van der Waals surface area contributed by atoms with Crippen molar-refractivity contribution in [3.63, 3.8) is 0 Å². The molecule has 0 saturated carbocycles. The zero-order valence-electron chi connectivity index (χ0n) is 6.03. The summed E-state index contributed by atoms with van der Waals surface area (Å²) >= 11 is 4.00. The zero-order valence-corrected chi connectivity index (χ0v) is 6.93. The van der Waals surface area contributed by atoms with E-state index >= 15 is 0 Å². The zero-order chi connectivity index (χ0) is 7.56. The maximum Gasteiger partial charge on any atom is 0.236 e. The Hall–Kier alpha value is -0.510. The van der Waals surface area contributed by atoms with Gasteiger partial charge in [0, 0.05) is 5.92 Å². The Morgan fingerprint density at radius 1 is 1.60 bits per heavy atom. The molecular weight excluding hydrogens is 148 g/mol. The van der Waals surface area contributed by atoms with Gasteiger partial charge in [0.2, 0.25) is 5.89 Å². The van der Waals surface area contributed by atoms with Crippen LogP contribution in [0.4, 0.5) is 0 Å². The van der Waals surface area contributed by atoms with Crippen LogP contribution < -0.4 is 0 Å². The third kappa shape index (κ3) is 1.50. The van der Waals surface area contributed by atoms with Crippen LogP contribution in [-0.4, -0.2) is 10.1 Å². The van der Waals surface area contributed by atoms with Gasteiger partial charge in [-0.15, -0.1) is 0 Å². The lowest BCUT2D eigenvalue weighted by Gasteiger charge is -1.91. The van der Waals surface area contributed by atoms with Gasteiger partial charge in [-0.25, -0.2) is 0 Å². The second kappa shape index (κ2) is 3.05. The fraction of sp³-hybridized carbons (Fsp3) is 0.667. The van der Waals surface area contributed by atoms with E-state index in [0.29, 0.717) is 17.6 Å². The molecule has 0 fully saturated rings. The summed E-state index contributed by atoms with van der Waals surface area (Å²) in [7, 11) is 0. The molecule has 3 nitrogen and oxygen atoms in total. The molecule has 0 unspecified atom stereocenters. The normalized spacial score (nSPS) is 10.8. The van der Waals surface area contributed by atoms with Crippen molar-refractivity contribution >= 4 is 12.6 Å². The van der Waals surface area contributed by atoms with E-state index < -0.39 is 0 Å². The molecule has 1 heterocycles. The summed E-state index contributed by atoms with van der Waals surface area (Å²) in [4.78, 5) is 4.07. The van der Waals surface area contributed by atoms with E-state index in [1.165, 1.54) is 0 Å². The molecule has 0 atom stereocenters. The monoisotopic (exact) mass is 158 g/mol. The van der Waals surface area contributed by atoms with Crippen molar-refractivity contribution in [1.29, 1.82) is 0 Å². The SMILES string of the molecule is CC(C)c1noc(CS)n1. The maximum atomic E-state index is 4.84. The Bertz CT molecular complexity index is 209. The van der Waals surface area contributed by atoms with Crippen LogP contribution in [0.15, 0.2) is 4.52 Å². The molecule has 4 heteroatoms. The molecule has 0 aliphatic heterocycles. The minimum atomic E-state index is 0.331. The molecule has 1 aromatic rings. The average Bonchev–Trinajstić information content (AvgIpc) is 2.34. The van der Waals surface area contributed by atoms with Gasteiger partial charge in [-0.3, -0.25) is 0 Å². The van der Waals surface area contributed by atoms with Crippen molar-refractivity contribution in [2.75, 3.05) is 0 Å². The third-order valence-corrected chi connectivity index (χ3v) is 1.41. The Labute approximate surface area is 65.2 Å². The van der Waals surface area contributed by atoms with Gasteiger partial charge in [-0.2, -0.15) is 17.6 Å². The van der Waals surface area contributed by atoms with Crippen molar-refractivity contribution in [2.24, 2.45) is 0 Å². The summed E-state index contributed by atoms with van der Waals surface area (Å²) in [6, 6.07) is 0. The summed E-state index contributed by atoms with van der Waals surface area (Å²) in [5, 5.41) is 3.75. The highest BCUT2D eigenvalue weighted by Crippen LogP contribution is 2.09. The highest BCUT2D eigenvalue weighted by atomic mass is 32.1. The van der Waals surface area contributed by atoms with Crippen LogP contribution in [0.25, 0.3) is 0 Å². The molecular formula is C6H10N2OS. The second-order valence-electron chi connectivity index (χ2n) is 2.36. The molecule has 10 heavy (non-hydrogen) atoms. The standard InChI is InChI=1S/C6H10N2OS/c1-4(2)6-7-5(3-10)9-8-6/h4,10H,3H2,1-2H3. The summed E-state index contributed by atoms with van der Waals surface area (Å²) in [5.74, 6) is 2.19. The van der Waals surface area contributed by atoms with Crippen LogP contribution in [-0.2, 0) is 5.75 Å². The van der Waals surface area contributed by atoms with Crippen molar-refractivity contribution in [3.8, 4) is 0 Å². The number of aromatic nitrogens is 2. The quantitative estimate of drug-likeness (QED) is 0.665. The molecule has 0 bridgehead atoms. The largest absolute Gasteiger partial charge is 0.338 e. The van der Waals surface area contributed by atoms with Gasteiger partial charge < -0.3 is 4.52 Å². The summed E-state index contributed by atoms with van der Waals surface area (Å²) in [6.45, 7) is 4.04. The molecule has 0 aliphatic carbocycles. The van der Waals surface area contributed by atoms with E-state index in [4.69, 9.17) is 4.52 Å². The third-order valence-electron chi connectivity index (χ3n) is 1.14. The van der Waals surface area contributed by atoms with E-state index in [1.807, 2.05) is 13.8 Å². The van der Waals surface area contributed by atoms with Crippen LogP contribution >= 0.6 is 12.6 Å². The summed E-state index contributed by atoms with van der Waals surface area (Å²) in [6.07, 6.45) is 0. The number of hydrogen-bond donors (Lipinski definition) is 1. The van der Waals surface area contributed by atoms with Gasteiger partial charge in [0.15, 0.2) is 5.82 Å². The lowest BCUT2D eigenvalue weighted by atomic mass is 10.2. The molecule has 0 saturated heterocycles. The first kappa shape index (κ1) is 7.60. The van der Waals surface area contributed by atoms with Gasteiger partial charge in [0.05, 0.1) is 5.75 Å². The molecule has 0 amide bonds. The van der Waals surface area contributed by atoms with Crippen molar-refractivity contribution < 1.29 is 4.52 Å². The van der Waals surface area contributed by atoms with E-state index in [0.717, 1.165) is 5.82 Å². The first-order chi connectivity index (χ1) is 4.74. The predicted molar refractivity (Wildman–Crippen MR) is 41.1 cm³/mol. The summed E-state index contributed by atoms with van der Waals surface area (Å²) < 4.78 is 4.84. The van der Waals surface area contributed by atoms with Crippen molar-refractivity contribution in [2.45, 2.75) is 25.5 Å². The smallest absolute Gasteiger partial charge is 0.236 e. The highest BCUT2D eigenvalue weighted by molar-refractivity contribution is 7.79. The molecule has 0 spiro atoms. The van der Waals surface area contributed by atoms with Crippen molar-refractivity contribution in [3.05, 3.63) is 11.7 Å². The van der Waals surface area contributed by atoms with E-state index in [9.17, 15) is 0 Å². The van der Waals surface area contributed by atoms with E-state index in [2.05, 4.69) is 22.8 Å². The first-order valence-electron chi connectivity index (χ1n) is 3.17. The molecule has 56 valence electrons. The number of hydrogen-bond acceptors (Lipinski definition) is 4. The molecule has 0 aliphatic rings. The van der Waals surface area contributed by atoms with E-state index in [-0.39, 0.29) is 0 Å². The maximum absolute atomic E-state index is 4.84. The number of rotatable bonds is 2. The predicted octanol–water partition coefficient (Wildman–Crippen LogP) is 1.62. The van der Waals surface area contributed by atoms with E-state index in [1.54, 1.807) is 0 Å². The Morgan fingerprint density at radius 2 is 2.30 bits per heavy atom. The van der Waals surface area contributed by atoms with Gasteiger partial charge >= 0.3 is 0 Å². The molecule has 1 rings (SSSR count). The number of nitrogens with zero attached hydrogens (tertiary/aromatic N) is 2. The minimum Gasteiger partial charge on any atom is -0.338 e. The molecule has 0 N–H and O–H groups in total. The van der Waals surface area contributed by atoms with Gasteiger partial charge in [-0.05, 0) is 0 Å². The van der Waals surface area contributed by atoms with Crippen LogP contribution in [0, 0.1) is 0 Å². The summed E-state index contributed by atoms with van der Waals surface area (Å²) in [5.41, 5.74) is 0. The fourth-order valence-corrected chi connectivity index (χ4v) is 0.695. The molecule has 0 aromatic carbocycles. The van der Waals surface area contributed by atoms with Crippen LogP contribution in [0.1, 0.15) is 31.5 Å². The second-order valence-corrected chi connectivity index (χ2v) is 2.68. The van der Waals surface area contributed by atoms with Gasteiger partial charge in [0.25, 0.3) is 0 Å².